The predicted octanol–water partition coefficient (Wildman–Crippen LogP) is 0.885. The minimum Gasteiger partial charge on any atom is -0.744 e. The van der Waals surface area contributed by atoms with Gasteiger partial charge in [-0.25, -0.2) is 8.42 Å². The van der Waals surface area contributed by atoms with E-state index in [1.807, 2.05) is 0 Å². The number of fused-ring (bicyclic) bond motifs is 1. The molecular formula is C10H5BaN2O8S+. The standard InChI is InChI=1S/C10H6N2O8S.Ba/c13-10-7-3-5(21(18,19)20)1-2-6(7)8(11(14)15)4-9(10)12(16)17;/h1-4,13H,(H,18,19,20);/q;+2/p-1. The number of nitro benzene ring substituents is 2. The molecule has 0 amide bonds. The molecule has 0 aliphatic heterocycles. The molecule has 0 fully saturated rings. The third-order valence-corrected chi connectivity index (χ3v) is 3.55. The van der Waals surface area contributed by atoms with Gasteiger partial charge in [-0.1, -0.05) is 0 Å². The van der Waals surface area contributed by atoms with E-state index in [0.717, 1.165) is 12.1 Å². The molecule has 12 heteroatoms. The first kappa shape index (κ1) is 18.8. The Balaban J connectivity index is 0.00000242. The first-order chi connectivity index (χ1) is 9.62. The van der Waals surface area contributed by atoms with Gasteiger partial charge in [0.15, 0.2) is 0 Å². The second kappa shape index (κ2) is 6.49. The van der Waals surface area contributed by atoms with E-state index in [0.29, 0.717) is 12.1 Å². The summed E-state index contributed by atoms with van der Waals surface area (Å²) in [4.78, 5) is 18.9. The van der Waals surface area contributed by atoms with Crippen LogP contribution in [0.25, 0.3) is 10.8 Å². The van der Waals surface area contributed by atoms with Crippen LogP contribution < -0.4 is 0 Å². The molecule has 0 aromatic heterocycles. The van der Waals surface area contributed by atoms with Crippen molar-refractivity contribution in [3.63, 3.8) is 0 Å². The third-order valence-electron chi connectivity index (χ3n) is 2.72. The van der Waals surface area contributed by atoms with Gasteiger partial charge in [0.25, 0.3) is 5.69 Å². The maximum Gasteiger partial charge on any atom is 2.00 e. The molecule has 10 nitrogen and oxygen atoms in total. The van der Waals surface area contributed by atoms with Crippen molar-refractivity contribution in [2.45, 2.75) is 4.90 Å². The zero-order chi connectivity index (χ0) is 15.9. The van der Waals surface area contributed by atoms with E-state index in [1.54, 1.807) is 0 Å². The van der Waals surface area contributed by atoms with E-state index < -0.39 is 47.4 Å². The molecule has 0 bridgehead atoms. The van der Waals surface area contributed by atoms with Crippen molar-refractivity contribution in [3.8, 4) is 5.75 Å². The average molecular weight is 451 g/mol. The Hall–Kier alpha value is -1.22. The smallest absolute Gasteiger partial charge is 0.744 e. The molecule has 2 rings (SSSR count). The summed E-state index contributed by atoms with van der Waals surface area (Å²) >= 11 is 0. The first-order valence-corrected chi connectivity index (χ1v) is 6.58. The number of phenolic OH excluding ortho intramolecular Hbond substituents is 1. The largest absolute Gasteiger partial charge is 2.00 e. The number of benzene rings is 2. The molecule has 0 atom stereocenters. The normalized spacial score (nSPS) is 11.0. The molecular weight excluding hydrogens is 446 g/mol. The number of hydrogen-bond donors (Lipinski definition) is 1. The van der Waals surface area contributed by atoms with Crippen LogP contribution in [0.4, 0.5) is 11.4 Å². The third kappa shape index (κ3) is 3.40. The van der Waals surface area contributed by atoms with E-state index in [1.165, 1.54) is 0 Å². The van der Waals surface area contributed by atoms with Crippen LogP contribution in [0.2, 0.25) is 0 Å². The number of hydrogen-bond acceptors (Lipinski definition) is 8. The molecule has 0 radical (unpaired) electrons. The van der Waals surface area contributed by atoms with Crippen molar-refractivity contribution in [2.24, 2.45) is 0 Å². The molecule has 2 aromatic rings. The average Bonchev–Trinajstić information content (AvgIpc) is 2.36. The summed E-state index contributed by atoms with van der Waals surface area (Å²) < 4.78 is 32.8. The molecule has 0 saturated carbocycles. The summed E-state index contributed by atoms with van der Waals surface area (Å²) in [5.74, 6) is -0.953. The Morgan fingerprint density at radius 1 is 0.955 bits per heavy atom. The van der Waals surface area contributed by atoms with Crippen LogP contribution in [-0.4, -0.2) is 76.8 Å². The SMILES string of the molecule is O=[N+]([O-])c1cc([N+](=O)[O-])c2ccc(S(=O)(=O)[O-])cc2c1O.[Ba+2]. The monoisotopic (exact) mass is 451 g/mol. The van der Waals surface area contributed by atoms with E-state index in [-0.39, 0.29) is 54.3 Å². The molecule has 1 N–H and O–H groups in total. The molecule has 0 aliphatic carbocycles. The summed E-state index contributed by atoms with van der Waals surface area (Å²) in [5, 5.41) is 30.7. The van der Waals surface area contributed by atoms with Crippen molar-refractivity contribution in [1.82, 2.24) is 0 Å². The fraction of sp³-hybridized carbons (Fsp3) is 0. The Bertz CT molecular complexity index is 895. The fourth-order valence-electron chi connectivity index (χ4n) is 1.80. The van der Waals surface area contributed by atoms with Crippen LogP contribution >= 0.6 is 0 Å². The maximum absolute atomic E-state index is 10.9. The molecule has 2 aromatic carbocycles. The number of phenols is 1. The topological polar surface area (TPSA) is 164 Å². The van der Waals surface area contributed by atoms with Crippen LogP contribution in [0.15, 0.2) is 29.2 Å². The Labute approximate surface area is 162 Å². The Kier molecular flexibility index (Phi) is 5.56. The van der Waals surface area contributed by atoms with Gasteiger partial charge in [0, 0.05) is 5.39 Å². The summed E-state index contributed by atoms with van der Waals surface area (Å²) in [7, 11) is -4.88. The number of aromatic hydroxyl groups is 1. The second-order valence-corrected chi connectivity index (χ2v) is 5.32. The molecule has 0 spiro atoms. The molecule has 0 unspecified atom stereocenters. The van der Waals surface area contributed by atoms with Crippen molar-refractivity contribution in [2.75, 3.05) is 0 Å². The van der Waals surface area contributed by atoms with Gasteiger partial charge in [-0.15, -0.1) is 0 Å². The van der Waals surface area contributed by atoms with Crippen LogP contribution in [-0.2, 0) is 10.1 Å². The minimum atomic E-state index is -4.88. The zero-order valence-electron chi connectivity index (χ0n) is 10.6. The molecule has 110 valence electrons. The Morgan fingerprint density at radius 3 is 1.95 bits per heavy atom. The molecule has 22 heavy (non-hydrogen) atoms. The van der Waals surface area contributed by atoms with Gasteiger partial charge in [0.2, 0.25) is 5.75 Å². The van der Waals surface area contributed by atoms with Crippen molar-refractivity contribution in [3.05, 3.63) is 44.5 Å². The van der Waals surface area contributed by atoms with Crippen molar-refractivity contribution in [1.29, 1.82) is 0 Å². The summed E-state index contributed by atoms with van der Waals surface area (Å²) in [5.41, 5.74) is -1.65. The minimum absolute atomic E-state index is 0. The van der Waals surface area contributed by atoms with Gasteiger partial charge >= 0.3 is 54.6 Å². The van der Waals surface area contributed by atoms with E-state index in [9.17, 15) is 38.3 Å². The van der Waals surface area contributed by atoms with Gasteiger partial charge in [-0.05, 0) is 18.2 Å². The predicted molar refractivity (Wildman–Crippen MR) is 72.6 cm³/mol. The van der Waals surface area contributed by atoms with E-state index in [4.69, 9.17) is 0 Å². The van der Waals surface area contributed by atoms with Gasteiger partial charge in [-0.3, -0.25) is 20.2 Å². The number of nitro groups is 2. The number of rotatable bonds is 3. The number of nitrogens with zero attached hydrogens (tertiary/aromatic N) is 2. The van der Waals surface area contributed by atoms with Crippen LogP contribution in [0, 0.1) is 20.2 Å². The van der Waals surface area contributed by atoms with Gasteiger partial charge < -0.3 is 9.66 Å². The van der Waals surface area contributed by atoms with Crippen molar-refractivity contribution >= 4 is 81.1 Å². The van der Waals surface area contributed by atoms with Crippen molar-refractivity contribution < 1.29 is 27.9 Å². The molecule has 0 heterocycles. The second-order valence-electron chi connectivity index (χ2n) is 3.94. The molecule has 0 aliphatic rings. The summed E-state index contributed by atoms with van der Waals surface area (Å²) in [6.45, 7) is 0. The Morgan fingerprint density at radius 2 is 1.50 bits per heavy atom. The van der Waals surface area contributed by atoms with Crippen LogP contribution in [0.5, 0.6) is 5.75 Å². The zero-order valence-corrected chi connectivity index (χ0v) is 15.9. The summed E-state index contributed by atoms with van der Waals surface area (Å²) in [6.07, 6.45) is 0. The molecule has 0 saturated heterocycles. The first-order valence-electron chi connectivity index (χ1n) is 5.17. The van der Waals surface area contributed by atoms with Crippen LogP contribution in [0.1, 0.15) is 0 Å². The van der Waals surface area contributed by atoms with E-state index >= 15 is 0 Å². The van der Waals surface area contributed by atoms with Gasteiger partial charge in [0.1, 0.15) is 10.1 Å². The van der Waals surface area contributed by atoms with Crippen LogP contribution in [0.3, 0.4) is 0 Å². The quantitative estimate of drug-likeness (QED) is 0.312. The fourth-order valence-corrected chi connectivity index (χ4v) is 2.30. The van der Waals surface area contributed by atoms with Gasteiger partial charge in [-0.2, -0.15) is 0 Å². The van der Waals surface area contributed by atoms with E-state index in [2.05, 4.69) is 0 Å². The maximum atomic E-state index is 10.9. The number of non-ortho nitro benzene ring substituents is 1. The summed E-state index contributed by atoms with van der Waals surface area (Å²) in [6, 6.07) is 2.97. The van der Waals surface area contributed by atoms with Gasteiger partial charge in [0.05, 0.1) is 26.2 Å².